The van der Waals surface area contributed by atoms with Crippen LogP contribution >= 0.6 is 0 Å². The van der Waals surface area contributed by atoms with Gasteiger partial charge in [-0.15, -0.1) is 5.10 Å². The number of fused-ring (bicyclic) bond motifs is 1. The molecule has 2 heterocycles. The molecule has 146 valence electrons. The number of nitrogens with zero attached hydrogens (tertiary/aromatic N) is 3. The molecular formula is C20H21N4O3S-. The van der Waals surface area contributed by atoms with E-state index < -0.39 is 11.1 Å². The lowest BCUT2D eigenvalue weighted by atomic mass is 9.99. The molecule has 2 aromatic heterocycles. The van der Waals surface area contributed by atoms with E-state index in [9.17, 15) is 14.0 Å². The molecule has 0 radical (unpaired) electrons. The molecule has 1 unspecified atom stereocenters. The van der Waals surface area contributed by atoms with E-state index in [-0.39, 0.29) is 5.75 Å². The summed E-state index contributed by atoms with van der Waals surface area (Å²) in [7, 11) is 1.60. The van der Waals surface area contributed by atoms with Gasteiger partial charge in [0.15, 0.2) is 5.82 Å². The first-order chi connectivity index (χ1) is 13.6. The Bertz CT molecular complexity index is 1060. The van der Waals surface area contributed by atoms with Crippen LogP contribution in [0.15, 0.2) is 36.4 Å². The Morgan fingerprint density at radius 1 is 1.36 bits per heavy atom. The maximum Gasteiger partial charge on any atom is 0.151 e. The summed E-state index contributed by atoms with van der Waals surface area (Å²) >= 11 is -2.30. The molecule has 0 saturated heterocycles. The van der Waals surface area contributed by atoms with E-state index in [1.54, 1.807) is 25.3 Å². The maximum absolute atomic E-state index is 11.6. The van der Waals surface area contributed by atoms with Gasteiger partial charge >= 0.3 is 0 Å². The van der Waals surface area contributed by atoms with Crippen molar-refractivity contribution >= 4 is 22.4 Å². The zero-order chi connectivity index (χ0) is 20.1. The van der Waals surface area contributed by atoms with E-state index in [1.165, 1.54) is 0 Å². The van der Waals surface area contributed by atoms with Gasteiger partial charge in [0.1, 0.15) is 0 Å². The van der Waals surface area contributed by atoms with Crippen LogP contribution in [0.5, 0.6) is 0 Å². The third-order valence-electron chi connectivity index (χ3n) is 4.48. The molecule has 8 heteroatoms. The number of hydrogen-bond donors (Lipinski definition) is 1. The number of nitriles is 1. The second-order valence-electron chi connectivity index (χ2n) is 6.24. The molecule has 1 aromatic carbocycles. The zero-order valence-corrected chi connectivity index (χ0v) is 16.6. The number of nitrogens with one attached hydrogen (secondary N) is 1. The molecule has 0 spiro atoms. The van der Waals surface area contributed by atoms with Crippen molar-refractivity contribution in [2.45, 2.75) is 19.1 Å². The van der Waals surface area contributed by atoms with Crippen LogP contribution in [-0.4, -0.2) is 38.6 Å². The smallest absolute Gasteiger partial charge is 0.151 e. The molecule has 3 rings (SSSR count). The van der Waals surface area contributed by atoms with Crippen LogP contribution in [0.3, 0.4) is 0 Å². The van der Waals surface area contributed by atoms with Gasteiger partial charge in [0.25, 0.3) is 0 Å². The summed E-state index contributed by atoms with van der Waals surface area (Å²) < 4.78 is 30.2. The highest BCUT2D eigenvalue weighted by Crippen LogP contribution is 2.34. The average molecular weight is 397 g/mol. The molecule has 1 N–H and O–H groups in total. The Morgan fingerprint density at radius 3 is 2.86 bits per heavy atom. The van der Waals surface area contributed by atoms with Gasteiger partial charge in [-0.05, 0) is 36.2 Å². The summed E-state index contributed by atoms with van der Waals surface area (Å²) in [6, 6.07) is 13.2. The lowest BCUT2D eigenvalue weighted by Gasteiger charge is -2.19. The van der Waals surface area contributed by atoms with Crippen LogP contribution in [0.2, 0.25) is 0 Å². The number of rotatable bonds is 8. The Morgan fingerprint density at radius 2 is 2.18 bits per heavy atom. The van der Waals surface area contributed by atoms with Crippen molar-refractivity contribution in [3.63, 3.8) is 0 Å². The molecule has 0 bridgehead atoms. The fourth-order valence-electron chi connectivity index (χ4n) is 3.22. The van der Waals surface area contributed by atoms with E-state index in [2.05, 4.69) is 16.5 Å². The van der Waals surface area contributed by atoms with E-state index in [4.69, 9.17) is 4.74 Å². The number of ether oxygens (including phenoxy) is 1. The largest absolute Gasteiger partial charge is 0.772 e. The van der Waals surface area contributed by atoms with Gasteiger partial charge in [-0.2, -0.15) is 5.26 Å². The van der Waals surface area contributed by atoms with E-state index in [0.717, 1.165) is 28.8 Å². The van der Waals surface area contributed by atoms with Gasteiger partial charge in [0.05, 0.1) is 23.8 Å². The Labute approximate surface area is 166 Å². The van der Waals surface area contributed by atoms with Gasteiger partial charge in [-0.3, -0.25) is 4.21 Å². The highest BCUT2D eigenvalue weighted by atomic mass is 32.2. The van der Waals surface area contributed by atoms with E-state index >= 15 is 0 Å². The summed E-state index contributed by atoms with van der Waals surface area (Å²) in [6.45, 7) is 3.00. The Kier molecular flexibility index (Phi) is 6.41. The first kappa shape index (κ1) is 20.0. The van der Waals surface area contributed by atoms with Crippen LogP contribution in [0.1, 0.15) is 23.7 Å². The highest BCUT2D eigenvalue weighted by Gasteiger charge is 2.19. The normalized spacial score (nSPS) is 12.1. The predicted octanol–water partition coefficient (Wildman–Crippen LogP) is 2.87. The van der Waals surface area contributed by atoms with Crippen molar-refractivity contribution < 1.29 is 13.5 Å². The van der Waals surface area contributed by atoms with Gasteiger partial charge < -0.3 is 14.6 Å². The molecule has 0 aliphatic rings. The average Bonchev–Trinajstić information content (AvgIpc) is 3.10. The number of methoxy groups -OCH3 is 1. The molecule has 1 atom stereocenters. The van der Waals surface area contributed by atoms with Gasteiger partial charge in [-0.1, -0.05) is 30.1 Å². The monoisotopic (exact) mass is 397 g/mol. The summed E-state index contributed by atoms with van der Waals surface area (Å²) in [5.41, 5.74) is 4.45. The number of benzene rings is 1. The van der Waals surface area contributed by atoms with Crippen molar-refractivity contribution in [1.82, 2.24) is 9.61 Å². The summed E-state index contributed by atoms with van der Waals surface area (Å²) in [5.74, 6) is 0.314. The second-order valence-corrected chi connectivity index (χ2v) is 7.13. The SMILES string of the molecule is CCc1ccc2c(-c3cccc(C#N)c3)c(CS(=O)[O-])c(NCCOC)nn12. The fraction of sp³-hybridized carbons (Fsp3) is 0.300. The molecule has 3 aromatic rings. The fourth-order valence-corrected chi connectivity index (χ4v) is 3.73. The summed E-state index contributed by atoms with van der Waals surface area (Å²) in [5, 5.41) is 17.2. The summed E-state index contributed by atoms with van der Waals surface area (Å²) in [4.78, 5) is 0. The van der Waals surface area contributed by atoms with Crippen molar-refractivity contribution in [3.8, 4) is 17.2 Å². The molecule has 0 aliphatic carbocycles. The maximum atomic E-state index is 11.6. The molecule has 0 saturated carbocycles. The molecular weight excluding hydrogens is 376 g/mol. The van der Waals surface area contributed by atoms with Crippen molar-refractivity contribution in [1.29, 1.82) is 5.26 Å². The standard InChI is InChI=1S/C20H22N4O3S/c1-3-16-7-8-18-19(15-6-4-5-14(11-15)12-21)17(13-28(25)26)20(23-24(16)18)22-9-10-27-2/h4-8,11H,3,9-10,13H2,1-2H3,(H,22,23)(H,25,26)/p-1. The minimum Gasteiger partial charge on any atom is -0.772 e. The van der Waals surface area contributed by atoms with Crippen LogP contribution in [0.4, 0.5) is 5.82 Å². The van der Waals surface area contributed by atoms with Crippen LogP contribution < -0.4 is 5.32 Å². The Hall–Kier alpha value is -2.73. The van der Waals surface area contributed by atoms with Gasteiger partial charge in [0, 0.05) is 36.2 Å². The van der Waals surface area contributed by atoms with Crippen LogP contribution in [-0.2, 0) is 28.0 Å². The van der Waals surface area contributed by atoms with E-state index in [1.807, 2.05) is 29.6 Å². The topological polar surface area (TPSA) is 102 Å². The third kappa shape index (κ3) is 4.07. The molecule has 0 amide bonds. The predicted molar refractivity (Wildman–Crippen MR) is 108 cm³/mol. The summed E-state index contributed by atoms with van der Waals surface area (Å²) in [6.07, 6.45) is 0.781. The number of aromatic nitrogens is 2. The molecule has 7 nitrogen and oxygen atoms in total. The first-order valence-electron chi connectivity index (χ1n) is 8.91. The second kappa shape index (κ2) is 8.97. The molecule has 0 aliphatic heterocycles. The van der Waals surface area contributed by atoms with Gasteiger partial charge in [-0.25, -0.2) is 4.52 Å². The third-order valence-corrected chi connectivity index (χ3v) is 5.01. The van der Waals surface area contributed by atoms with Crippen molar-refractivity contribution in [2.24, 2.45) is 0 Å². The highest BCUT2D eigenvalue weighted by molar-refractivity contribution is 7.78. The molecule has 28 heavy (non-hydrogen) atoms. The van der Waals surface area contributed by atoms with Crippen LogP contribution in [0.25, 0.3) is 16.6 Å². The van der Waals surface area contributed by atoms with Crippen LogP contribution in [0, 0.1) is 11.3 Å². The first-order valence-corrected chi connectivity index (χ1v) is 10.2. The minimum atomic E-state index is -2.30. The lowest BCUT2D eigenvalue weighted by Crippen LogP contribution is -2.15. The van der Waals surface area contributed by atoms with Gasteiger partial charge in [0.2, 0.25) is 0 Å². The quantitative estimate of drug-likeness (QED) is 0.463. The lowest BCUT2D eigenvalue weighted by molar-refractivity contribution is 0.210. The minimum absolute atomic E-state index is 0.183. The van der Waals surface area contributed by atoms with E-state index in [0.29, 0.717) is 30.1 Å². The number of anilines is 1. The van der Waals surface area contributed by atoms with Crippen molar-refractivity contribution in [2.75, 3.05) is 25.6 Å². The number of aryl methyl sites for hydroxylation is 1. The number of hydrogen-bond acceptors (Lipinski definition) is 6. The molecule has 0 fully saturated rings. The van der Waals surface area contributed by atoms with Crippen molar-refractivity contribution in [3.05, 3.63) is 53.2 Å². The Balaban J connectivity index is 2.31. The zero-order valence-electron chi connectivity index (χ0n) is 15.8.